The summed E-state index contributed by atoms with van der Waals surface area (Å²) in [7, 11) is 1.66. The molecule has 1 aliphatic rings. The fraction of sp³-hybridized carbons (Fsp3) is 0.222. The third-order valence-electron chi connectivity index (χ3n) is 6.76. The number of nitrogens with zero attached hydrogens (tertiary/aromatic N) is 5. The molecule has 0 atom stereocenters. The zero-order chi connectivity index (χ0) is 25.5. The first kappa shape index (κ1) is 23.3. The van der Waals surface area contributed by atoms with E-state index in [0.717, 1.165) is 35.8 Å². The first-order chi connectivity index (χ1) is 18.0. The number of aliphatic hydroxyl groups is 1. The van der Waals surface area contributed by atoms with Gasteiger partial charge in [-0.15, -0.1) is 11.3 Å². The number of aromatic nitrogens is 5. The summed E-state index contributed by atoms with van der Waals surface area (Å²) in [6, 6.07) is 5.46. The number of aliphatic hydroxyl groups excluding tert-OH is 1. The number of rotatable bonds is 5. The van der Waals surface area contributed by atoms with Crippen molar-refractivity contribution in [3.63, 3.8) is 0 Å². The van der Waals surface area contributed by atoms with E-state index in [1.165, 1.54) is 32.0 Å². The average molecular weight is 513 g/mol. The van der Waals surface area contributed by atoms with E-state index in [0.29, 0.717) is 34.0 Å². The Morgan fingerprint density at radius 1 is 1.08 bits per heavy atom. The van der Waals surface area contributed by atoms with Crippen molar-refractivity contribution in [3.8, 4) is 16.9 Å². The van der Waals surface area contributed by atoms with Gasteiger partial charge < -0.3 is 15.0 Å². The smallest absolute Gasteiger partial charge is 0.274 e. The lowest BCUT2D eigenvalue weighted by molar-refractivity contribution is 0.281. The molecule has 0 bridgehead atoms. The van der Waals surface area contributed by atoms with Gasteiger partial charge in [0.2, 0.25) is 0 Å². The number of aryl methyl sites for hydroxylation is 3. The van der Waals surface area contributed by atoms with Crippen LogP contribution in [0.3, 0.4) is 0 Å². The molecular weight excluding hydrogens is 488 g/mol. The predicted octanol–water partition coefficient (Wildman–Crippen LogP) is 3.72. The largest absolute Gasteiger partial charge is 0.392 e. The third kappa shape index (κ3) is 4.04. The molecule has 0 aromatic carbocycles. The number of thiophene rings is 1. The fourth-order valence-electron chi connectivity index (χ4n) is 4.98. The number of nitrogens with one attached hydrogen (secondary N) is 1. The molecule has 0 unspecified atom stereocenters. The minimum Gasteiger partial charge on any atom is -0.392 e. The summed E-state index contributed by atoms with van der Waals surface area (Å²) < 4.78 is 3.70. The molecular formula is C27H24N6O3S. The Morgan fingerprint density at radius 2 is 1.95 bits per heavy atom. The predicted molar refractivity (Wildman–Crippen MR) is 144 cm³/mol. The van der Waals surface area contributed by atoms with Crippen molar-refractivity contribution in [2.45, 2.75) is 32.3 Å². The van der Waals surface area contributed by atoms with Gasteiger partial charge >= 0.3 is 0 Å². The molecule has 5 aromatic heterocycles. The summed E-state index contributed by atoms with van der Waals surface area (Å²) in [5.41, 5.74) is 3.08. The number of hydrogen-bond donors (Lipinski definition) is 2. The summed E-state index contributed by atoms with van der Waals surface area (Å²) in [5.74, 6) is 0.809. The normalized spacial score (nSPS) is 13.0. The molecule has 6 rings (SSSR count). The Kier molecular flexibility index (Phi) is 5.90. The van der Waals surface area contributed by atoms with Crippen LogP contribution in [0.5, 0.6) is 0 Å². The first-order valence-electron chi connectivity index (χ1n) is 12.0. The summed E-state index contributed by atoms with van der Waals surface area (Å²) in [4.78, 5) is 40.4. The standard InChI is InChI=1S/C27H24N6O3S/c1-32-14-16(12-21(26(32)35)31-23-13-28-9-10-29-23)17-6-8-30-25(20(17)15-34)33-11-7-19-18-4-2-3-5-22(18)37-24(19)27(33)36/h6-14,34H,2-5,15H2,1H3,(H,29,31). The van der Waals surface area contributed by atoms with E-state index in [1.54, 1.807) is 55.3 Å². The van der Waals surface area contributed by atoms with E-state index in [4.69, 9.17) is 0 Å². The van der Waals surface area contributed by atoms with E-state index in [-0.39, 0.29) is 17.7 Å². The van der Waals surface area contributed by atoms with Crippen molar-refractivity contribution in [2.24, 2.45) is 7.05 Å². The van der Waals surface area contributed by atoms with Crippen LogP contribution in [0.1, 0.15) is 28.8 Å². The Labute approximate surface area is 215 Å². The van der Waals surface area contributed by atoms with Crippen molar-refractivity contribution < 1.29 is 5.11 Å². The van der Waals surface area contributed by atoms with E-state index in [2.05, 4.69) is 20.3 Å². The molecule has 0 radical (unpaired) electrons. The maximum Gasteiger partial charge on any atom is 0.274 e. The summed E-state index contributed by atoms with van der Waals surface area (Å²) >= 11 is 1.57. The number of anilines is 2. The maximum absolute atomic E-state index is 13.6. The molecule has 2 N–H and O–H groups in total. The van der Waals surface area contributed by atoms with Crippen LogP contribution in [0.2, 0.25) is 0 Å². The lowest BCUT2D eigenvalue weighted by atomic mass is 9.97. The second-order valence-corrected chi connectivity index (χ2v) is 10.1. The molecule has 0 fully saturated rings. The van der Waals surface area contributed by atoms with Gasteiger partial charge in [0.15, 0.2) is 0 Å². The van der Waals surface area contributed by atoms with Crippen molar-refractivity contribution in [1.82, 2.24) is 24.1 Å². The van der Waals surface area contributed by atoms with Gasteiger partial charge in [-0.3, -0.25) is 19.1 Å². The minimum absolute atomic E-state index is 0.137. The van der Waals surface area contributed by atoms with Crippen LogP contribution in [0.15, 0.2) is 65.0 Å². The minimum atomic E-state index is -0.334. The Hall–Kier alpha value is -4.15. The van der Waals surface area contributed by atoms with E-state index in [1.807, 2.05) is 6.07 Å². The lowest BCUT2D eigenvalue weighted by Gasteiger charge is -2.16. The number of fused-ring (bicyclic) bond motifs is 3. The van der Waals surface area contributed by atoms with Crippen LogP contribution >= 0.6 is 11.3 Å². The van der Waals surface area contributed by atoms with Crippen molar-refractivity contribution >= 4 is 32.9 Å². The van der Waals surface area contributed by atoms with Gasteiger partial charge in [0, 0.05) is 59.4 Å². The molecule has 10 heteroatoms. The Morgan fingerprint density at radius 3 is 2.76 bits per heavy atom. The number of pyridine rings is 3. The van der Waals surface area contributed by atoms with Crippen LogP contribution in [-0.4, -0.2) is 29.2 Å². The summed E-state index contributed by atoms with van der Waals surface area (Å²) in [5, 5.41) is 14.5. The van der Waals surface area contributed by atoms with Crippen LogP contribution in [-0.2, 0) is 26.5 Å². The molecule has 0 aliphatic heterocycles. The van der Waals surface area contributed by atoms with Crippen LogP contribution in [0, 0.1) is 0 Å². The molecule has 37 heavy (non-hydrogen) atoms. The number of hydrogen-bond acceptors (Lipinski definition) is 8. The molecule has 9 nitrogen and oxygen atoms in total. The van der Waals surface area contributed by atoms with E-state index >= 15 is 0 Å². The molecule has 1 aliphatic carbocycles. The highest BCUT2D eigenvalue weighted by molar-refractivity contribution is 7.19. The zero-order valence-electron chi connectivity index (χ0n) is 20.1. The summed E-state index contributed by atoms with van der Waals surface area (Å²) in [6.07, 6.45) is 14.0. The van der Waals surface area contributed by atoms with Gasteiger partial charge in [0.05, 0.1) is 12.8 Å². The molecule has 5 heterocycles. The van der Waals surface area contributed by atoms with Gasteiger partial charge in [-0.05, 0) is 55.0 Å². The highest BCUT2D eigenvalue weighted by atomic mass is 32.1. The molecule has 0 amide bonds. The quantitative estimate of drug-likeness (QED) is 0.369. The summed E-state index contributed by atoms with van der Waals surface area (Å²) in [6.45, 7) is -0.334. The van der Waals surface area contributed by atoms with Crippen molar-refractivity contribution in [2.75, 3.05) is 5.32 Å². The van der Waals surface area contributed by atoms with E-state index in [9.17, 15) is 14.7 Å². The second-order valence-electron chi connectivity index (χ2n) is 9.04. The highest BCUT2D eigenvalue weighted by Crippen LogP contribution is 2.35. The van der Waals surface area contributed by atoms with Crippen LogP contribution in [0.4, 0.5) is 11.5 Å². The van der Waals surface area contributed by atoms with Gasteiger partial charge in [-0.1, -0.05) is 0 Å². The van der Waals surface area contributed by atoms with E-state index < -0.39 is 0 Å². The van der Waals surface area contributed by atoms with Gasteiger partial charge in [0.1, 0.15) is 22.0 Å². The maximum atomic E-state index is 13.6. The molecule has 5 aromatic rings. The van der Waals surface area contributed by atoms with Crippen molar-refractivity contribution in [1.29, 1.82) is 0 Å². The molecule has 0 spiro atoms. The lowest BCUT2D eigenvalue weighted by Crippen LogP contribution is -2.21. The molecule has 186 valence electrons. The topological polar surface area (TPSA) is 115 Å². The van der Waals surface area contributed by atoms with Crippen LogP contribution < -0.4 is 16.4 Å². The van der Waals surface area contributed by atoms with Crippen molar-refractivity contribution in [3.05, 3.63) is 92.1 Å². The molecule has 0 saturated heterocycles. The zero-order valence-corrected chi connectivity index (χ0v) is 21.0. The van der Waals surface area contributed by atoms with Gasteiger partial charge in [-0.25, -0.2) is 9.97 Å². The Balaban J connectivity index is 1.49. The first-order valence-corrected chi connectivity index (χ1v) is 12.9. The second kappa shape index (κ2) is 9.38. The monoisotopic (exact) mass is 512 g/mol. The average Bonchev–Trinajstić information content (AvgIpc) is 3.31. The Bertz CT molecular complexity index is 1760. The van der Waals surface area contributed by atoms with Gasteiger partial charge in [0.25, 0.3) is 11.1 Å². The third-order valence-corrected chi connectivity index (χ3v) is 8.05. The SMILES string of the molecule is Cn1cc(-c2ccnc(-n3ccc4c5c(sc4c3=O)CCCC5)c2CO)cc(Nc2cnccn2)c1=O. The van der Waals surface area contributed by atoms with Gasteiger partial charge in [-0.2, -0.15) is 0 Å². The fourth-order valence-corrected chi connectivity index (χ4v) is 6.30. The van der Waals surface area contributed by atoms with Crippen LogP contribution in [0.25, 0.3) is 27.0 Å². The highest BCUT2D eigenvalue weighted by Gasteiger charge is 2.21. The molecule has 0 saturated carbocycles.